The molecule has 4 nitrogen and oxygen atoms in total. The van der Waals surface area contributed by atoms with Crippen LogP contribution in [0.1, 0.15) is 39.2 Å². The maximum absolute atomic E-state index is 12.3. The summed E-state index contributed by atoms with van der Waals surface area (Å²) in [7, 11) is 1.69. The molecule has 2 aromatic carbocycles. The maximum atomic E-state index is 12.3. The summed E-state index contributed by atoms with van der Waals surface area (Å²) in [6, 6.07) is 17.1. The fourth-order valence-corrected chi connectivity index (χ4v) is 3.58. The lowest BCUT2D eigenvalue weighted by Gasteiger charge is -2.34. The number of nitrogens with zero attached hydrogens (tertiary/aromatic N) is 1. The van der Waals surface area contributed by atoms with Gasteiger partial charge in [0.25, 0.3) is 0 Å². The quantitative estimate of drug-likeness (QED) is 0.831. The standard InChI is InChI=1S/C24H32N2O2/c1-24(2,3)23(27)25-21-8-6-14-26(17-21)16-18-10-12-19(13-11-18)20-7-5-9-22(15-20)28-4/h5,7,9-13,15,21H,6,8,14,16-17H2,1-4H3,(H,25,27). The first-order valence-corrected chi connectivity index (χ1v) is 10.1. The van der Waals surface area contributed by atoms with Crippen LogP contribution >= 0.6 is 0 Å². The van der Waals surface area contributed by atoms with Gasteiger partial charge in [-0.1, -0.05) is 57.2 Å². The molecule has 1 heterocycles. The van der Waals surface area contributed by atoms with Gasteiger partial charge in [0, 0.05) is 24.5 Å². The van der Waals surface area contributed by atoms with Crippen molar-refractivity contribution in [1.29, 1.82) is 0 Å². The lowest BCUT2D eigenvalue weighted by molar-refractivity contribution is -0.129. The Labute approximate surface area is 168 Å². The Morgan fingerprint density at radius 3 is 2.57 bits per heavy atom. The third-order valence-corrected chi connectivity index (χ3v) is 5.29. The van der Waals surface area contributed by atoms with Crippen molar-refractivity contribution in [3.63, 3.8) is 0 Å². The molecule has 0 radical (unpaired) electrons. The maximum Gasteiger partial charge on any atom is 0.225 e. The van der Waals surface area contributed by atoms with Crippen molar-refractivity contribution in [1.82, 2.24) is 10.2 Å². The molecule has 1 fully saturated rings. The summed E-state index contributed by atoms with van der Waals surface area (Å²) < 4.78 is 5.32. The molecular weight excluding hydrogens is 348 g/mol. The van der Waals surface area contributed by atoms with Gasteiger partial charge in [-0.25, -0.2) is 0 Å². The van der Waals surface area contributed by atoms with Gasteiger partial charge in [0.2, 0.25) is 5.91 Å². The van der Waals surface area contributed by atoms with E-state index in [9.17, 15) is 4.79 Å². The molecule has 1 amide bonds. The Bertz CT molecular complexity index is 793. The molecule has 2 aromatic rings. The number of amides is 1. The number of likely N-dealkylation sites (tertiary alicyclic amines) is 1. The second-order valence-electron chi connectivity index (χ2n) is 8.73. The van der Waals surface area contributed by atoms with Crippen LogP contribution < -0.4 is 10.1 Å². The summed E-state index contributed by atoms with van der Waals surface area (Å²) in [5.74, 6) is 1.01. The zero-order valence-corrected chi connectivity index (χ0v) is 17.5. The molecular formula is C24H32N2O2. The van der Waals surface area contributed by atoms with Gasteiger partial charge >= 0.3 is 0 Å². The number of methoxy groups -OCH3 is 1. The van der Waals surface area contributed by atoms with Crippen LogP contribution in [0.25, 0.3) is 11.1 Å². The van der Waals surface area contributed by atoms with Crippen LogP contribution in [-0.4, -0.2) is 37.0 Å². The zero-order chi connectivity index (χ0) is 20.1. The number of nitrogens with one attached hydrogen (secondary N) is 1. The van der Waals surface area contributed by atoms with Gasteiger partial charge in [-0.15, -0.1) is 0 Å². The highest BCUT2D eigenvalue weighted by molar-refractivity contribution is 5.81. The topological polar surface area (TPSA) is 41.6 Å². The minimum Gasteiger partial charge on any atom is -0.497 e. The zero-order valence-electron chi connectivity index (χ0n) is 17.5. The SMILES string of the molecule is COc1cccc(-c2ccc(CN3CCCC(NC(=O)C(C)(C)C)C3)cc2)c1. The molecule has 0 aromatic heterocycles. The van der Waals surface area contributed by atoms with Gasteiger partial charge in [0.05, 0.1) is 7.11 Å². The van der Waals surface area contributed by atoms with Crippen LogP contribution in [0, 0.1) is 5.41 Å². The van der Waals surface area contributed by atoms with Gasteiger partial charge in [-0.2, -0.15) is 0 Å². The average Bonchev–Trinajstić information content (AvgIpc) is 2.68. The van der Waals surface area contributed by atoms with E-state index in [0.29, 0.717) is 0 Å². The monoisotopic (exact) mass is 380 g/mol. The van der Waals surface area contributed by atoms with Gasteiger partial charge in [0.1, 0.15) is 5.75 Å². The molecule has 1 aliphatic heterocycles. The summed E-state index contributed by atoms with van der Waals surface area (Å²) in [6.07, 6.45) is 2.18. The number of hydrogen-bond acceptors (Lipinski definition) is 3. The van der Waals surface area contributed by atoms with E-state index >= 15 is 0 Å². The van der Waals surface area contributed by atoms with Crippen molar-refractivity contribution < 1.29 is 9.53 Å². The second-order valence-corrected chi connectivity index (χ2v) is 8.73. The number of hydrogen-bond donors (Lipinski definition) is 1. The first kappa shape index (κ1) is 20.4. The molecule has 0 bridgehead atoms. The summed E-state index contributed by atoms with van der Waals surface area (Å²) in [4.78, 5) is 14.7. The number of ether oxygens (including phenoxy) is 1. The van der Waals surface area contributed by atoms with Crippen LogP contribution in [0.4, 0.5) is 0 Å². The molecule has 0 saturated carbocycles. The fraction of sp³-hybridized carbons (Fsp3) is 0.458. The molecule has 1 aliphatic rings. The Kier molecular flexibility index (Phi) is 6.40. The number of carbonyl (C=O) groups is 1. The number of piperidine rings is 1. The summed E-state index contributed by atoms with van der Waals surface area (Å²) in [6.45, 7) is 8.81. The molecule has 1 atom stereocenters. The molecule has 28 heavy (non-hydrogen) atoms. The second kappa shape index (κ2) is 8.78. The minimum atomic E-state index is -0.335. The van der Waals surface area contributed by atoms with E-state index < -0.39 is 0 Å². The average molecular weight is 381 g/mol. The lowest BCUT2D eigenvalue weighted by Crippen LogP contribution is -2.50. The van der Waals surface area contributed by atoms with Crippen molar-refractivity contribution in [2.45, 2.75) is 46.2 Å². The third-order valence-electron chi connectivity index (χ3n) is 5.29. The van der Waals surface area contributed by atoms with Crippen LogP contribution in [0.3, 0.4) is 0 Å². The van der Waals surface area contributed by atoms with E-state index in [0.717, 1.165) is 43.8 Å². The molecule has 150 valence electrons. The molecule has 1 unspecified atom stereocenters. The molecule has 4 heteroatoms. The summed E-state index contributed by atoms with van der Waals surface area (Å²) in [5, 5.41) is 3.22. The largest absolute Gasteiger partial charge is 0.497 e. The Hall–Kier alpha value is -2.33. The van der Waals surface area contributed by atoms with Crippen LogP contribution in [0.5, 0.6) is 5.75 Å². The van der Waals surface area contributed by atoms with Crippen molar-refractivity contribution >= 4 is 5.91 Å². The minimum absolute atomic E-state index is 0.141. The van der Waals surface area contributed by atoms with Gasteiger partial charge in [-0.05, 0) is 48.2 Å². The number of rotatable bonds is 5. The first-order valence-electron chi connectivity index (χ1n) is 10.1. The third kappa shape index (κ3) is 5.35. The Morgan fingerprint density at radius 1 is 1.14 bits per heavy atom. The van der Waals surface area contributed by atoms with Crippen LogP contribution in [0.15, 0.2) is 48.5 Å². The van der Waals surface area contributed by atoms with Gasteiger partial charge in [0.15, 0.2) is 0 Å². The normalized spacial score (nSPS) is 17.9. The number of carbonyl (C=O) groups excluding carboxylic acids is 1. The van der Waals surface area contributed by atoms with Crippen molar-refractivity contribution in [2.75, 3.05) is 20.2 Å². The molecule has 1 saturated heterocycles. The van der Waals surface area contributed by atoms with E-state index in [1.165, 1.54) is 11.1 Å². The van der Waals surface area contributed by atoms with E-state index in [4.69, 9.17) is 4.74 Å². The summed E-state index contributed by atoms with van der Waals surface area (Å²) >= 11 is 0. The highest BCUT2D eigenvalue weighted by Crippen LogP contribution is 2.25. The highest BCUT2D eigenvalue weighted by Gasteiger charge is 2.26. The van der Waals surface area contributed by atoms with Gasteiger partial charge in [-0.3, -0.25) is 9.69 Å². The van der Waals surface area contributed by atoms with Crippen molar-refractivity contribution in [2.24, 2.45) is 5.41 Å². The van der Waals surface area contributed by atoms with Crippen molar-refractivity contribution in [3.05, 3.63) is 54.1 Å². The smallest absolute Gasteiger partial charge is 0.225 e. The molecule has 3 rings (SSSR count). The van der Waals surface area contributed by atoms with E-state index in [-0.39, 0.29) is 17.4 Å². The lowest BCUT2D eigenvalue weighted by atomic mass is 9.94. The Balaban J connectivity index is 1.60. The van der Waals surface area contributed by atoms with E-state index in [1.54, 1.807) is 7.11 Å². The van der Waals surface area contributed by atoms with Crippen molar-refractivity contribution in [3.8, 4) is 16.9 Å². The highest BCUT2D eigenvalue weighted by atomic mass is 16.5. The predicted octanol–water partition coefficient (Wildman–Crippen LogP) is 4.49. The fourth-order valence-electron chi connectivity index (χ4n) is 3.58. The predicted molar refractivity (Wildman–Crippen MR) is 114 cm³/mol. The molecule has 0 aliphatic carbocycles. The van der Waals surface area contributed by atoms with Crippen LogP contribution in [-0.2, 0) is 11.3 Å². The summed E-state index contributed by atoms with van der Waals surface area (Å²) in [5.41, 5.74) is 3.32. The molecule has 0 spiro atoms. The van der Waals surface area contributed by atoms with Gasteiger partial charge < -0.3 is 10.1 Å². The Morgan fingerprint density at radius 2 is 1.89 bits per heavy atom. The first-order chi connectivity index (χ1) is 13.3. The van der Waals surface area contributed by atoms with Crippen LogP contribution in [0.2, 0.25) is 0 Å². The number of benzene rings is 2. The van der Waals surface area contributed by atoms with E-state index in [2.05, 4.69) is 46.6 Å². The molecule has 1 N–H and O–H groups in total. The van der Waals surface area contributed by atoms with E-state index in [1.807, 2.05) is 32.9 Å².